The summed E-state index contributed by atoms with van der Waals surface area (Å²) >= 11 is 0. The highest BCUT2D eigenvalue weighted by atomic mass is 16.5. The van der Waals surface area contributed by atoms with Crippen LogP contribution in [0.15, 0.2) is 42.5 Å². The van der Waals surface area contributed by atoms with Crippen LogP contribution in [0.25, 0.3) is 0 Å². The number of amides is 1. The van der Waals surface area contributed by atoms with Crippen LogP contribution in [-0.2, 0) is 0 Å². The Bertz CT molecular complexity index is 641. The molecule has 0 saturated heterocycles. The average molecular weight is 286 g/mol. The van der Waals surface area contributed by atoms with Crippen LogP contribution in [0.4, 0.5) is 11.4 Å². The van der Waals surface area contributed by atoms with Crippen molar-refractivity contribution >= 4 is 17.3 Å². The monoisotopic (exact) mass is 286 g/mol. The number of rotatable bonds is 5. The van der Waals surface area contributed by atoms with E-state index < -0.39 is 0 Å². The predicted octanol–water partition coefficient (Wildman–Crippen LogP) is 2.93. The summed E-state index contributed by atoms with van der Waals surface area (Å²) in [6.07, 6.45) is 0. The molecule has 1 amide bonds. The summed E-state index contributed by atoms with van der Waals surface area (Å²) in [6, 6.07) is 12.2. The number of nitrogens with one attached hydrogen (secondary N) is 1. The standard InChI is InChI=1S/C16H18N2O3/c1-3-21-13-6-4-5-11(9-13)18-16(19)14-10-12(20-2)7-8-15(14)17/h4-10H,3,17H2,1-2H3,(H,18,19). The Hall–Kier alpha value is -2.69. The lowest BCUT2D eigenvalue weighted by Gasteiger charge is -2.10. The van der Waals surface area contributed by atoms with Gasteiger partial charge in [0.25, 0.3) is 5.91 Å². The minimum absolute atomic E-state index is 0.292. The van der Waals surface area contributed by atoms with E-state index in [1.165, 1.54) is 0 Å². The first-order chi connectivity index (χ1) is 10.1. The Morgan fingerprint density at radius 1 is 1.19 bits per heavy atom. The summed E-state index contributed by atoms with van der Waals surface area (Å²) in [5.41, 5.74) is 7.25. The molecule has 0 spiro atoms. The van der Waals surface area contributed by atoms with Crippen LogP contribution in [0.1, 0.15) is 17.3 Å². The number of carbonyl (C=O) groups excluding carboxylic acids is 1. The Morgan fingerprint density at radius 2 is 2.00 bits per heavy atom. The van der Waals surface area contributed by atoms with Crippen LogP contribution in [-0.4, -0.2) is 19.6 Å². The van der Waals surface area contributed by atoms with Gasteiger partial charge in [0.2, 0.25) is 0 Å². The number of nitrogens with two attached hydrogens (primary N) is 1. The number of benzene rings is 2. The second-order valence-corrected chi connectivity index (χ2v) is 4.37. The molecule has 0 aromatic heterocycles. The number of nitrogen functional groups attached to an aromatic ring is 1. The number of anilines is 2. The number of ether oxygens (including phenoxy) is 2. The Labute approximate surface area is 123 Å². The zero-order chi connectivity index (χ0) is 15.2. The normalized spacial score (nSPS) is 10.0. The van der Waals surface area contributed by atoms with Crippen molar-refractivity contribution in [1.82, 2.24) is 0 Å². The molecular formula is C16H18N2O3. The smallest absolute Gasteiger partial charge is 0.257 e. The van der Waals surface area contributed by atoms with Crippen molar-refractivity contribution in [3.8, 4) is 11.5 Å². The third-order valence-corrected chi connectivity index (χ3v) is 2.91. The van der Waals surface area contributed by atoms with Gasteiger partial charge < -0.3 is 20.5 Å². The van der Waals surface area contributed by atoms with Crippen LogP contribution < -0.4 is 20.5 Å². The lowest BCUT2D eigenvalue weighted by atomic mass is 10.1. The van der Waals surface area contributed by atoms with Crippen molar-refractivity contribution in [1.29, 1.82) is 0 Å². The van der Waals surface area contributed by atoms with Crippen LogP contribution in [0.5, 0.6) is 11.5 Å². The lowest BCUT2D eigenvalue weighted by molar-refractivity contribution is 0.102. The van der Waals surface area contributed by atoms with Crippen LogP contribution >= 0.6 is 0 Å². The van der Waals surface area contributed by atoms with Crippen molar-refractivity contribution in [3.05, 3.63) is 48.0 Å². The van der Waals surface area contributed by atoms with Gasteiger partial charge in [-0.2, -0.15) is 0 Å². The van der Waals surface area contributed by atoms with Crippen molar-refractivity contribution in [2.24, 2.45) is 0 Å². The lowest BCUT2D eigenvalue weighted by Crippen LogP contribution is -2.14. The Morgan fingerprint density at radius 3 is 2.71 bits per heavy atom. The van der Waals surface area contributed by atoms with Gasteiger partial charge in [-0.25, -0.2) is 0 Å². The van der Waals surface area contributed by atoms with Crippen LogP contribution in [0.2, 0.25) is 0 Å². The zero-order valence-electron chi connectivity index (χ0n) is 12.1. The summed E-state index contributed by atoms with van der Waals surface area (Å²) in [4.78, 5) is 12.3. The summed E-state index contributed by atoms with van der Waals surface area (Å²) in [5, 5.41) is 2.79. The first-order valence-electron chi connectivity index (χ1n) is 6.61. The fourth-order valence-electron chi connectivity index (χ4n) is 1.89. The van der Waals surface area contributed by atoms with Gasteiger partial charge in [0.15, 0.2) is 0 Å². The summed E-state index contributed by atoms with van der Waals surface area (Å²) in [7, 11) is 1.54. The van der Waals surface area contributed by atoms with E-state index in [-0.39, 0.29) is 5.91 Å². The molecule has 0 radical (unpaired) electrons. The number of hydrogen-bond acceptors (Lipinski definition) is 4. The quantitative estimate of drug-likeness (QED) is 0.829. The summed E-state index contributed by atoms with van der Waals surface area (Å²) < 4.78 is 10.5. The molecule has 2 rings (SSSR count). The van der Waals surface area contributed by atoms with Crippen molar-refractivity contribution < 1.29 is 14.3 Å². The maximum atomic E-state index is 12.3. The topological polar surface area (TPSA) is 73.6 Å². The third kappa shape index (κ3) is 3.66. The number of methoxy groups -OCH3 is 1. The fourth-order valence-corrected chi connectivity index (χ4v) is 1.89. The summed E-state index contributed by atoms with van der Waals surface area (Å²) in [5.74, 6) is 0.992. The molecule has 5 heteroatoms. The van der Waals surface area contributed by atoms with Gasteiger partial charge in [0.1, 0.15) is 11.5 Å². The fraction of sp³-hybridized carbons (Fsp3) is 0.188. The molecule has 2 aromatic rings. The third-order valence-electron chi connectivity index (χ3n) is 2.91. The molecule has 0 aliphatic carbocycles. The molecule has 0 aliphatic rings. The predicted molar refractivity (Wildman–Crippen MR) is 83.0 cm³/mol. The highest BCUT2D eigenvalue weighted by Crippen LogP contribution is 2.22. The average Bonchev–Trinajstić information content (AvgIpc) is 2.48. The first-order valence-corrected chi connectivity index (χ1v) is 6.61. The molecule has 0 unspecified atom stereocenters. The highest BCUT2D eigenvalue weighted by molar-refractivity contribution is 6.08. The molecule has 0 bridgehead atoms. The van der Waals surface area contributed by atoms with E-state index >= 15 is 0 Å². The number of carbonyl (C=O) groups is 1. The van der Waals surface area contributed by atoms with E-state index in [1.807, 2.05) is 19.1 Å². The number of hydrogen-bond donors (Lipinski definition) is 2. The Kier molecular flexibility index (Phi) is 4.66. The minimum atomic E-state index is -0.292. The van der Waals surface area contributed by atoms with E-state index in [0.29, 0.717) is 35.0 Å². The van der Waals surface area contributed by atoms with Crippen LogP contribution in [0, 0.1) is 0 Å². The summed E-state index contributed by atoms with van der Waals surface area (Å²) in [6.45, 7) is 2.47. The molecule has 5 nitrogen and oxygen atoms in total. The molecule has 110 valence electrons. The van der Waals surface area contributed by atoms with Crippen molar-refractivity contribution in [2.45, 2.75) is 6.92 Å². The van der Waals surface area contributed by atoms with Gasteiger partial charge in [-0.05, 0) is 37.3 Å². The molecule has 21 heavy (non-hydrogen) atoms. The van der Waals surface area contributed by atoms with Crippen molar-refractivity contribution in [2.75, 3.05) is 24.8 Å². The molecule has 0 saturated carbocycles. The van der Waals surface area contributed by atoms with Gasteiger partial charge in [-0.1, -0.05) is 6.07 Å². The molecule has 0 atom stereocenters. The largest absolute Gasteiger partial charge is 0.497 e. The van der Waals surface area contributed by atoms with E-state index in [1.54, 1.807) is 37.4 Å². The van der Waals surface area contributed by atoms with Gasteiger partial charge >= 0.3 is 0 Å². The van der Waals surface area contributed by atoms with Crippen LogP contribution in [0.3, 0.4) is 0 Å². The van der Waals surface area contributed by atoms with E-state index in [4.69, 9.17) is 15.2 Å². The molecule has 0 heterocycles. The first kappa shape index (κ1) is 14.7. The molecule has 2 aromatic carbocycles. The molecular weight excluding hydrogens is 268 g/mol. The maximum Gasteiger partial charge on any atom is 0.257 e. The zero-order valence-corrected chi connectivity index (χ0v) is 12.1. The van der Waals surface area contributed by atoms with E-state index in [0.717, 1.165) is 0 Å². The van der Waals surface area contributed by atoms with Gasteiger partial charge in [0, 0.05) is 17.4 Å². The molecule has 3 N–H and O–H groups in total. The van der Waals surface area contributed by atoms with Gasteiger partial charge in [0.05, 0.1) is 19.3 Å². The van der Waals surface area contributed by atoms with E-state index in [9.17, 15) is 4.79 Å². The molecule has 0 aliphatic heterocycles. The second-order valence-electron chi connectivity index (χ2n) is 4.37. The van der Waals surface area contributed by atoms with Gasteiger partial charge in [-0.3, -0.25) is 4.79 Å². The van der Waals surface area contributed by atoms with Crippen molar-refractivity contribution in [3.63, 3.8) is 0 Å². The molecule has 0 fully saturated rings. The maximum absolute atomic E-state index is 12.3. The Balaban J connectivity index is 2.19. The SMILES string of the molecule is CCOc1cccc(NC(=O)c2cc(OC)ccc2N)c1. The van der Waals surface area contributed by atoms with Gasteiger partial charge in [-0.15, -0.1) is 0 Å². The van der Waals surface area contributed by atoms with E-state index in [2.05, 4.69) is 5.32 Å². The highest BCUT2D eigenvalue weighted by Gasteiger charge is 2.11. The second kappa shape index (κ2) is 6.65. The minimum Gasteiger partial charge on any atom is -0.497 e.